The number of hydrogen-bond acceptors (Lipinski definition) is 4. The Morgan fingerprint density at radius 3 is 2.08 bits per heavy atom. The van der Waals surface area contributed by atoms with Gasteiger partial charge in [-0.1, -0.05) is 80.1 Å². The zero-order valence-corrected chi connectivity index (χ0v) is 25.2. The summed E-state index contributed by atoms with van der Waals surface area (Å²) in [6, 6.07) is 21.8. The van der Waals surface area contributed by atoms with Crippen LogP contribution in [0, 0.1) is 26.7 Å². The van der Waals surface area contributed by atoms with E-state index in [-0.39, 0.29) is 18.4 Å². The van der Waals surface area contributed by atoms with Crippen molar-refractivity contribution in [3.63, 3.8) is 0 Å². The number of sulfonamides is 1. The first kappa shape index (κ1) is 30.9. The van der Waals surface area contributed by atoms with Crippen LogP contribution in [0.1, 0.15) is 41.7 Å². The summed E-state index contributed by atoms with van der Waals surface area (Å²) in [4.78, 5) is 29.3. The molecule has 0 aromatic heterocycles. The van der Waals surface area contributed by atoms with Gasteiger partial charge in [-0.25, -0.2) is 8.42 Å². The SMILES string of the molecule is Cc1ccc(CN(C(=O)CN(c2ccc(C)c(C)c2)S(C)(=O)=O)[C@H](Cc2ccccc2)C(=O)NCC(C)C)cc1. The maximum atomic E-state index is 14.1. The lowest BCUT2D eigenvalue weighted by atomic mass is 10.0. The highest BCUT2D eigenvalue weighted by atomic mass is 32.2. The van der Waals surface area contributed by atoms with E-state index < -0.39 is 28.5 Å². The lowest BCUT2D eigenvalue weighted by Crippen LogP contribution is -2.53. The lowest BCUT2D eigenvalue weighted by Gasteiger charge is -2.33. The van der Waals surface area contributed by atoms with Crippen LogP contribution in [0.5, 0.6) is 0 Å². The number of hydrogen-bond donors (Lipinski definition) is 1. The Balaban J connectivity index is 2.05. The molecule has 0 aliphatic rings. The van der Waals surface area contributed by atoms with Gasteiger partial charge in [0.2, 0.25) is 21.8 Å². The van der Waals surface area contributed by atoms with E-state index >= 15 is 0 Å². The highest BCUT2D eigenvalue weighted by Crippen LogP contribution is 2.23. The van der Waals surface area contributed by atoms with E-state index in [0.29, 0.717) is 18.7 Å². The van der Waals surface area contributed by atoms with Crippen molar-refractivity contribution >= 4 is 27.5 Å². The molecule has 0 bridgehead atoms. The molecule has 0 spiro atoms. The normalized spacial score (nSPS) is 12.2. The van der Waals surface area contributed by atoms with Crippen molar-refractivity contribution in [3.05, 3.63) is 101 Å². The minimum Gasteiger partial charge on any atom is -0.354 e. The topological polar surface area (TPSA) is 86.8 Å². The number of aryl methyl sites for hydroxylation is 3. The number of carbonyl (C=O) groups is 2. The summed E-state index contributed by atoms with van der Waals surface area (Å²) in [5.41, 5.74) is 5.20. The number of rotatable bonds is 12. The molecule has 0 aliphatic carbocycles. The predicted molar refractivity (Wildman–Crippen MR) is 162 cm³/mol. The third kappa shape index (κ3) is 8.68. The molecular weight excluding hydrogens is 522 g/mol. The quantitative estimate of drug-likeness (QED) is 0.343. The molecule has 0 unspecified atom stereocenters. The number of amides is 2. The van der Waals surface area contributed by atoms with Crippen molar-refractivity contribution in [1.29, 1.82) is 0 Å². The van der Waals surface area contributed by atoms with Gasteiger partial charge in [0, 0.05) is 19.5 Å². The third-order valence-corrected chi connectivity index (χ3v) is 8.03. The van der Waals surface area contributed by atoms with Gasteiger partial charge in [-0.15, -0.1) is 0 Å². The van der Waals surface area contributed by atoms with E-state index in [9.17, 15) is 18.0 Å². The van der Waals surface area contributed by atoms with E-state index in [0.717, 1.165) is 38.4 Å². The molecule has 3 aromatic carbocycles. The summed E-state index contributed by atoms with van der Waals surface area (Å²) in [6.07, 6.45) is 1.39. The molecule has 1 N–H and O–H groups in total. The third-order valence-electron chi connectivity index (χ3n) is 6.89. The summed E-state index contributed by atoms with van der Waals surface area (Å²) in [5, 5.41) is 3.00. The Hall–Kier alpha value is -3.65. The predicted octanol–water partition coefficient (Wildman–Crippen LogP) is 4.79. The van der Waals surface area contributed by atoms with Crippen molar-refractivity contribution in [2.24, 2.45) is 5.92 Å². The largest absolute Gasteiger partial charge is 0.354 e. The van der Waals surface area contributed by atoms with Gasteiger partial charge >= 0.3 is 0 Å². The van der Waals surface area contributed by atoms with Gasteiger partial charge in [0.1, 0.15) is 12.6 Å². The van der Waals surface area contributed by atoms with Crippen LogP contribution in [0.15, 0.2) is 72.8 Å². The van der Waals surface area contributed by atoms with Gasteiger partial charge in [-0.3, -0.25) is 13.9 Å². The number of nitrogens with zero attached hydrogens (tertiary/aromatic N) is 2. The van der Waals surface area contributed by atoms with E-state index in [1.54, 1.807) is 12.1 Å². The van der Waals surface area contributed by atoms with E-state index in [1.165, 1.54) is 4.90 Å². The van der Waals surface area contributed by atoms with Crippen LogP contribution >= 0.6 is 0 Å². The van der Waals surface area contributed by atoms with Crippen LogP contribution in [0.2, 0.25) is 0 Å². The molecule has 8 heteroatoms. The summed E-state index contributed by atoms with van der Waals surface area (Å²) < 4.78 is 27.0. The molecule has 0 aliphatic heterocycles. The number of benzene rings is 3. The van der Waals surface area contributed by atoms with Gasteiger partial charge in [0.25, 0.3) is 0 Å². The first-order valence-electron chi connectivity index (χ1n) is 13.6. The first-order chi connectivity index (χ1) is 18.8. The molecular formula is C32H41N3O4S. The van der Waals surface area contributed by atoms with E-state index in [2.05, 4.69) is 5.32 Å². The number of anilines is 1. The molecule has 3 aromatic rings. The Morgan fingerprint density at radius 1 is 0.850 bits per heavy atom. The van der Waals surface area contributed by atoms with Gasteiger partial charge in [0.05, 0.1) is 11.9 Å². The highest BCUT2D eigenvalue weighted by Gasteiger charge is 2.33. The van der Waals surface area contributed by atoms with E-state index in [4.69, 9.17) is 0 Å². The van der Waals surface area contributed by atoms with Gasteiger partial charge < -0.3 is 10.2 Å². The summed E-state index contributed by atoms with van der Waals surface area (Å²) in [6.45, 7) is 10.1. The molecule has 2 amide bonds. The Morgan fingerprint density at radius 2 is 1.50 bits per heavy atom. The second-order valence-corrected chi connectivity index (χ2v) is 12.8. The molecule has 40 heavy (non-hydrogen) atoms. The van der Waals surface area contributed by atoms with Crippen molar-refractivity contribution < 1.29 is 18.0 Å². The second-order valence-electron chi connectivity index (χ2n) is 10.9. The summed E-state index contributed by atoms with van der Waals surface area (Å²) >= 11 is 0. The van der Waals surface area contributed by atoms with Crippen LogP contribution in [0.3, 0.4) is 0 Å². The average Bonchev–Trinajstić information content (AvgIpc) is 2.90. The number of carbonyl (C=O) groups excluding carboxylic acids is 2. The fraction of sp³-hybridized carbons (Fsp3) is 0.375. The second kappa shape index (κ2) is 13.6. The zero-order valence-electron chi connectivity index (χ0n) is 24.3. The van der Waals surface area contributed by atoms with Crippen molar-refractivity contribution in [2.75, 3.05) is 23.7 Å². The van der Waals surface area contributed by atoms with Crippen LogP contribution in [-0.2, 0) is 32.6 Å². The van der Waals surface area contributed by atoms with Crippen molar-refractivity contribution in [3.8, 4) is 0 Å². The first-order valence-corrected chi connectivity index (χ1v) is 15.4. The van der Waals surface area contributed by atoms with Crippen molar-refractivity contribution in [1.82, 2.24) is 10.2 Å². The fourth-order valence-electron chi connectivity index (χ4n) is 4.36. The molecule has 1 atom stereocenters. The standard InChI is InChI=1S/C32H41N3O4S/c1-23(2)20-33-32(37)30(19-27-10-8-7-9-11-27)34(21-28-15-12-24(3)13-16-28)31(36)22-35(40(6,38)39)29-17-14-25(4)26(5)18-29/h7-18,23,30H,19-22H2,1-6H3,(H,33,37)/t30-/m1/s1. The van der Waals surface area contributed by atoms with E-state index in [1.807, 2.05) is 95.3 Å². The maximum Gasteiger partial charge on any atom is 0.244 e. The fourth-order valence-corrected chi connectivity index (χ4v) is 5.20. The van der Waals surface area contributed by atoms with Crippen molar-refractivity contribution in [2.45, 2.75) is 53.6 Å². The van der Waals surface area contributed by atoms with Gasteiger partial charge in [-0.05, 0) is 61.1 Å². The minimum absolute atomic E-state index is 0.163. The number of nitrogens with one attached hydrogen (secondary N) is 1. The molecule has 0 radical (unpaired) electrons. The Bertz CT molecular complexity index is 1400. The summed E-state index contributed by atoms with van der Waals surface area (Å²) in [5.74, 6) is -0.493. The maximum absolute atomic E-state index is 14.1. The highest BCUT2D eigenvalue weighted by molar-refractivity contribution is 7.92. The monoisotopic (exact) mass is 563 g/mol. The molecule has 0 saturated carbocycles. The molecule has 214 valence electrons. The van der Waals surface area contributed by atoms with Gasteiger partial charge in [0.15, 0.2) is 0 Å². The molecule has 7 nitrogen and oxygen atoms in total. The Labute approximate surface area is 239 Å². The zero-order chi connectivity index (χ0) is 29.4. The van der Waals surface area contributed by atoms with Crippen LogP contribution in [0.25, 0.3) is 0 Å². The smallest absolute Gasteiger partial charge is 0.244 e. The lowest BCUT2D eigenvalue weighted by molar-refractivity contribution is -0.140. The molecule has 0 saturated heterocycles. The molecule has 0 heterocycles. The van der Waals surface area contributed by atoms with Gasteiger partial charge in [-0.2, -0.15) is 0 Å². The molecule has 3 rings (SSSR count). The minimum atomic E-state index is -3.80. The molecule has 0 fully saturated rings. The average molecular weight is 564 g/mol. The Kier molecular flexibility index (Phi) is 10.5. The van der Waals surface area contributed by atoms with Crippen LogP contribution in [-0.4, -0.2) is 50.5 Å². The van der Waals surface area contributed by atoms with Crippen LogP contribution in [0.4, 0.5) is 5.69 Å². The van der Waals surface area contributed by atoms with Crippen LogP contribution < -0.4 is 9.62 Å². The summed E-state index contributed by atoms with van der Waals surface area (Å²) in [7, 11) is -3.80.